The van der Waals surface area contributed by atoms with Gasteiger partial charge in [0.25, 0.3) is 0 Å². The third-order valence-electron chi connectivity index (χ3n) is 3.90. The summed E-state index contributed by atoms with van der Waals surface area (Å²) in [5, 5.41) is 18.5. The summed E-state index contributed by atoms with van der Waals surface area (Å²) in [6, 6.07) is 8.02. The predicted octanol–water partition coefficient (Wildman–Crippen LogP) is 1.09. The molecule has 118 valence electrons. The molecule has 1 aliphatic rings. The maximum Gasteiger partial charge on any atom is 0.334 e. The number of likely N-dealkylation sites (tertiary alicyclic amines) is 1. The monoisotopic (exact) mass is 305 g/mol. The van der Waals surface area contributed by atoms with Gasteiger partial charge >= 0.3 is 5.97 Å². The van der Waals surface area contributed by atoms with Crippen LogP contribution < -0.4 is 0 Å². The molecular weight excluding hydrogens is 286 g/mol. The number of carbonyl (C=O) groups excluding carboxylic acids is 2. The quantitative estimate of drug-likeness (QED) is 0.767. The van der Waals surface area contributed by atoms with Crippen LogP contribution in [0.25, 0.3) is 0 Å². The summed E-state index contributed by atoms with van der Waals surface area (Å²) in [6.07, 6.45) is -0.346. The highest BCUT2D eigenvalue weighted by Crippen LogP contribution is 2.22. The van der Waals surface area contributed by atoms with E-state index in [9.17, 15) is 19.5 Å². The Morgan fingerprint density at radius 1 is 1.18 bits per heavy atom. The second-order valence-electron chi connectivity index (χ2n) is 5.37. The number of benzene rings is 1. The standard InChI is InChI=1S/C16H19NO5/c18-13(11-5-2-1-3-6-11)8-9-14(19)17-10-4-7-12(17)15(20)16(21)22/h1-3,5-6,12,15,20H,4,7-10H2,(H,21,22)/t12-,15?/m0/s1. The number of hydrogen-bond donors (Lipinski definition) is 2. The van der Waals surface area contributed by atoms with Crippen molar-refractivity contribution >= 4 is 17.7 Å². The molecule has 1 amide bonds. The fourth-order valence-electron chi connectivity index (χ4n) is 2.73. The molecule has 0 saturated carbocycles. The van der Waals surface area contributed by atoms with Crippen LogP contribution in [0.15, 0.2) is 30.3 Å². The molecule has 0 bridgehead atoms. The van der Waals surface area contributed by atoms with Gasteiger partial charge in [-0.05, 0) is 12.8 Å². The van der Waals surface area contributed by atoms with E-state index in [-0.39, 0.29) is 24.5 Å². The fourth-order valence-corrected chi connectivity index (χ4v) is 2.73. The second kappa shape index (κ2) is 7.17. The summed E-state index contributed by atoms with van der Waals surface area (Å²) in [4.78, 5) is 36.4. The summed E-state index contributed by atoms with van der Waals surface area (Å²) in [5.74, 6) is -1.74. The Kier molecular flexibility index (Phi) is 5.27. The van der Waals surface area contributed by atoms with Crippen molar-refractivity contribution in [2.75, 3.05) is 6.54 Å². The van der Waals surface area contributed by atoms with Gasteiger partial charge in [0.1, 0.15) is 0 Å². The lowest BCUT2D eigenvalue weighted by Crippen LogP contribution is -2.46. The first kappa shape index (κ1) is 16.2. The van der Waals surface area contributed by atoms with Crippen molar-refractivity contribution in [1.29, 1.82) is 0 Å². The third-order valence-corrected chi connectivity index (χ3v) is 3.90. The van der Waals surface area contributed by atoms with Crippen molar-refractivity contribution in [3.63, 3.8) is 0 Å². The van der Waals surface area contributed by atoms with E-state index in [1.165, 1.54) is 4.90 Å². The Hall–Kier alpha value is -2.21. The van der Waals surface area contributed by atoms with Crippen molar-refractivity contribution in [2.24, 2.45) is 0 Å². The van der Waals surface area contributed by atoms with Gasteiger partial charge < -0.3 is 15.1 Å². The van der Waals surface area contributed by atoms with Gasteiger partial charge in [-0.2, -0.15) is 0 Å². The lowest BCUT2D eigenvalue weighted by Gasteiger charge is -2.26. The van der Waals surface area contributed by atoms with E-state index < -0.39 is 18.1 Å². The van der Waals surface area contributed by atoms with Crippen LogP contribution in [0.3, 0.4) is 0 Å². The van der Waals surface area contributed by atoms with Crippen molar-refractivity contribution in [3.05, 3.63) is 35.9 Å². The van der Waals surface area contributed by atoms with Gasteiger partial charge in [-0.1, -0.05) is 30.3 Å². The fraction of sp³-hybridized carbons (Fsp3) is 0.438. The molecule has 0 spiro atoms. The molecule has 1 aliphatic heterocycles. The molecule has 2 rings (SSSR count). The molecule has 2 N–H and O–H groups in total. The van der Waals surface area contributed by atoms with Gasteiger partial charge in [0, 0.05) is 24.9 Å². The van der Waals surface area contributed by atoms with Crippen LogP contribution in [0.5, 0.6) is 0 Å². The first-order chi connectivity index (χ1) is 10.5. The van der Waals surface area contributed by atoms with E-state index in [0.29, 0.717) is 24.9 Å². The minimum Gasteiger partial charge on any atom is -0.479 e. The van der Waals surface area contributed by atoms with Crippen molar-refractivity contribution in [3.8, 4) is 0 Å². The SMILES string of the molecule is O=C(CCC(=O)N1CCC[C@H]1C(O)C(=O)O)c1ccccc1. The smallest absolute Gasteiger partial charge is 0.334 e. The molecule has 2 atom stereocenters. The summed E-state index contributed by atoms with van der Waals surface area (Å²) in [6.45, 7) is 0.424. The molecule has 1 saturated heterocycles. The van der Waals surface area contributed by atoms with Gasteiger partial charge in [-0.15, -0.1) is 0 Å². The number of carbonyl (C=O) groups is 3. The van der Waals surface area contributed by atoms with E-state index in [2.05, 4.69) is 0 Å². The van der Waals surface area contributed by atoms with Crippen LogP contribution in [0.1, 0.15) is 36.0 Å². The number of ketones is 1. The summed E-state index contributed by atoms with van der Waals surface area (Å²) < 4.78 is 0. The number of aliphatic hydroxyl groups excluding tert-OH is 1. The highest BCUT2D eigenvalue weighted by atomic mass is 16.4. The molecule has 1 aromatic rings. The highest BCUT2D eigenvalue weighted by molar-refractivity contribution is 5.98. The third kappa shape index (κ3) is 3.71. The number of aliphatic hydroxyl groups is 1. The van der Waals surface area contributed by atoms with Crippen molar-refractivity contribution in [2.45, 2.75) is 37.8 Å². The number of nitrogens with zero attached hydrogens (tertiary/aromatic N) is 1. The topological polar surface area (TPSA) is 94.9 Å². The van der Waals surface area contributed by atoms with E-state index in [0.717, 1.165) is 0 Å². The zero-order valence-electron chi connectivity index (χ0n) is 12.1. The maximum absolute atomic E-state index is 12.2. The van der Waals surface area contributed by atoms with Crippen LogP contribution in [0, 0.1) is 0 Å². The molecule has 1 heterocycles. The summed E-state index contributed by atoms with van der Waals surface area (Å²) in [7, 11) is 0. The Bertz CT molecular complexity index is 557. The number of Topliss-reactive ketones (excluding diaryl/α,β-unsaturated/α-hetero) is 1. The molecule has 1 aromatic carbocycles. The molecule has 6 heteroatoms. The minimum absolute atomic E-state index is 0.0244. The minimum atomic E-state index is -1.57. The maximum atomic E-state index is 12.2. The molecule has 0 radical (unpaired) electrons. The molecule has 0 aliphatic carbocycles. The van der Waals surface area contributed by atoms with E-state index in [4.69, 9.17) is 5.11 Å². The van der Waals surface area contributed by atoms with Crippen molar-refractivity contribution in [1.82, 2.24) is 4.90 Å². The largest absolute Gasteiger partial charge is 0.479 e. The van der Waals surface area contributed by atoms with Gasteiger partial charge in [0.2, 0.25) is 5.91 Å². The van der Waals surface area contributed by atoms with E-state index in [1.54, 1.807) is 24.3 Å². The number of amides is 1. The predicted molar refractivity (Wildman–Crippen MR) is 78.4 cm³/mol. The molecule has 6 nitrogen and oxygen atoms in total. The number of carboxylic acids is 1. The first-order valence-corrected chi connectivity index (χ1v) is 7.29. The molecule has 22 heavy (non-hydrogen) atoms. The lowest BCUT2D eigenvalue weighted by atomic mass is 10.1. The van der Waals surface area contributed by atoms with Crippen LogP contribution in [0.2, 0.25) is 0 Å². The lowest BCUT2D eigenvalue weighted by molar-refractivity contribution is -0.151. The first-order valence-electron chi connectivity index (χ1n) is 7.29. The Morgan fingerprint density at radius 3 is 2.50 bits per heavy atom. The van der Waals surface area contributed by atoms with Crippen LogP contribution in [0.4, 0.5) is 0 Å². The average Bonchev–Trinajstić information content (AvgIpc) is 3.01. The van der Waals surface area contributed by atoms with Crippen LogP contribution >= 0.6 is 0 Å². The normalized spacial score (nSPS) is 19.0. The second-order valence-corrected chi connectivity index (χ2v) is 5.37. The average molecular weight is 305 g/mol. The highest BCUT2D eigenvalue weighted by Gasteiger charge is 2.37. The van der Waals surface area contributed by atoms with Crippen LogP contribution in [-0.2, 0) is 9.59 Å². The number of aliphatic carboxylic acids is 1. The Balaban J connectivity index is 1.92. The zero-order chi connectivity index (χ0) is 16.1. The van der Waals surface area contributed by atoms with E-state index >= 15 is 0 Å². The van der Waals surface area contributed by atoms with Crippen LogP contribution in [-0.4, -0.2) is 51.5 Å². The van der Waals surface area contributed by atoms with Gasteiger partial charge in [0.05, 0.1) is 6.04 Å². The summed E-state index contributed by atoms with van der Waals surface area (Å²) >= 11 is 0. The number of rotatable bonds is 6. The summed E-state index contributed by atoms with van der Waals surface area (Å²) in [5.41, 5.74) is 0.554. The Labute approximate surface area is 128 Å². The number of hydrogen-bond acceptors (Lipinski definition) is 4. The van der Waals surface area contributed by atoms with Gasteiger partial charge in [-0.25, -0.2) is 4.79 Å². The molecule has 1 fully saturated rings. The van der Waals surface area contributed by atoms with Gasteiger partial charge in [-0.3, -0.25) is 9.59 Å². The van der Waals surface area contributed by atoms with E-state index in [1.807, 2.05) is 6.07 Å². The van der Waals surface area contributed by atoms with Crippen molar-refractivity contribution < 1.29 is 24.6 Å². The Morgan fingerprint density at radius 2 is 1.86 bits per heavy atom. The molecule has 0 aromatic heterocycles. The molecule has 1 unspecified atom stereocenters. The number of carboxylic acid groups (broad SMARTS) is 1. The zero-order valence-corrected chi connectivity index (χ0v) is 12.1. The molecular formula is C16H19NO5. The van der Waals surface area contributed by atoms with Gasteiger partial charge in [0.15, 0.2) is 11.9 Å².